The number of para-hydroxylation sites is 1. The van der Waals surface area contributed by atoms with Gasteiger partial charge in [-0.05, 0) is 31.3 Å². The van der Waals surface area contributed by atoms with E-state index < -0.39 is 0 Å². The van der Waals surface area contributed by atoms with Gasteiger partial charge in [0.2, 0.25) is 0 Å². The highest BCUT2D eigenvalue weighted by atomic mass is 32.1. The van der Waals surface area contributed by atoms with E-state index in [1.54, 1.807) is 18.2 Å². The number of rotatable bonds is 2. The molecule has 4 heteroatoms. The zero-order valence-electron chi connectivity index (χ0n) is 7.30. The molecule has 0 aromatic heterocycles. The van der Waals surface area contributed by atoms with Crippen LogP contribution in [0.2, 0.25) is 0 Å². The summed E-state index contributed by atoms with van der Waals surface area (Å²) >= 11 is 4.91. The highest BCUT2D eigenvalue weighted by Crippen LogP contribution is 2.11. The van der Waals surface area contributed by atoms with Crippen LogP contribution in [-0.2, 0) is 0 Å². The third kappa shape index (κ3) is 2.99. The van der Waals surface area contributed by atoms with Gasteiger partial charge in [0.1, 0.15) is 5.82 Å². The van der Waals surface area contributed by atoms with E-state index in [0.717, 1.165) is 6.54 Å². The van der Waals surface area contributed by atoms with Gasteiger partial charge in [-0.1, -0.05) is 12.1 Å². The van der Waals surface area contributed by atoms with E-state index in [1.807, 2.05) is 6.92 Å². The van der Waals surface area contributed by atoms with Gasteiger partial charge in [-0.25, -0.2) is 4.39 Å². The standard InChI is InChI=1S/C9H11FN2S/c1-2-11-9(13)12-8-6-4-3-5-7(8)10/h3-6H,2H2,1H3,(H2,11,12,13). The first-order valence-corrected chi connectivity index (χ1v) is 4.44. The number of hydrogen-bond donors (Lipinski definition) is 2. The van der Waals surface area contributed by atoms with Gasteiger partial charge in [0.05, 0.1) is 5.69 Å². The summed E-state index contributed by atoms with van der Waals surface area (Å²) in [5, 5.41) is 6.07. The van der Waals surface area contributed by atoms with Crippen molar-refractivity contribution < 1.29 is 4.39 Å². The molecule has 0 aliphatic rings. The molecule has 0 aliphatic carbocycles. The lowest BCUT2D eigenvalue weighted by atomic mass is 10.3. The van der Waals surface area contributed by atoms with Crippen LogP contribution in [0.25, 0.3) is 0 Å². The number of hydrogen-bond acceptors (Lipinski definition) is 1. The average Bonchev–Trinajstić information content (AvgIpc) is 2.09. The molecule has 2 nitrogen and oxygen atoms in total. The first kappa shape index (κ1) is 9.92. The first-order chi connectivity index (χ1) is 6.24. The van der Waals surface area contributed by atoms with Crippen LogP contribution in [0.4, 0.5) is 10.1 Å². The Hall–Kier alpha value is -1.16. The fraction of sp³-hybridized carbons (Fsp3) is 0.222. The summed E-state index contributed by atoms with van der Waals surface area (Å²) in [5.74, 6) is -0.303. The molecule has 0 spiro atoms. The molecule has 1 rings (SSSR count). The fourth-order valence-electron chi connectivity index (χ4n) is 0.890. The van der Waals surface area contributed by atoms with Crippen LogP contribution < -0.4 is 10.6 Å². The Bertz CT molecular complexity index is 301. The lowest BCUT2D eigenvalue weighted by molar-refractivity contribution is 0.632. The summed E-state index contributed by atoms with van der Waals surface area (Å²) in [5.41, 5.74) is 0.397. The zero-order valence-corrected chi connectivity index (χ0v) is 8.12. The minimum Gasteiger partial charge on any atom is -0.363 e. The Kier molecular flexibility index (Phi) is 3.64. The lowest BCUT2D eigenvalue weighted by Crippen LogP contribution is -2.28. The Morgan fingerprint density at radius 1 is 1.46 bits per heavy atom. The highest BCUT2D eigenvalue weighted by molar-refractivity contribution is 7.80. The highest BCUT2D eigenvalue weighted by Gasteiger charge is 2.00. The molecule has 0 fully saturated rings. The molecular weight excluding hydrogens is 187 g/mol. The van der Waals surface area contributed by atoms with Gasteiger partial charge in [0.25, 0.3) is 0 Å². The summed E-state index contributed by atoms with van der Waals surface area (Å²) in [6, 6.07) is 6.41. The molecule has 70 valence electrons. The third-order valence-corrected chi connectivity index (χ3v) is 1.71. The largest absolute Gasteiger partial charge is 0.363 e. The van der Waals surface area contributed by atoms with Crippen molar-refractivity contribution in [3.8, 4) is 0 Å². The van der Waals surface area contributed by atoms with Gasteiger partial charge in [0, 0.05) is 6.54 Å². The molecule has 1 aromatic carbocycles. The molecule has 0 saturated heterocycles. The predicted molar refractivity (Wildman–Crippen MR) is 56.3 cm³/mol. The number of halogens is 1. The van der Waals surface area contributed by atoms with E-state index in [2.05, 4.69) is 10.6 Å². The molecular formula is C9H11FN2S. The maximum Gasteiger partial charge on any atom is 0.170 e. The molecule has 0 saturated carbocycles. The molecule has 0 unspecified atom stereocenters. The Balaban J connectivity index is 2.63. The summed E-state index contributed by atoms with van der Waals surface area (Å²) < 4.78 is 13.0. The van der Waals surface area contributed by atoms with Crippen LogP contribution in [0.3, 0.4) is 0 Å². The van der Waals surface area contributed by atoms with Gasteiger partial charge in [-0.15, -0.1) is 0 Å². The summed E-state index contributed by atoms with van der Waals surface area (Å²) in [7, 11) is 0. The zero-order chi connectivity index (χ0) is 9.68. The molecule has 0 aliphatic heterocycles. The van der Waals surface area contributed by atoms with Crippen LogP contribution in [0.1, 0.15) is 6.92 Å². The van der Waals surface area contributed by atoms with Crippen LogP contribution in [0.15, 0.2) is 24.3 Å². The van der Waals surface area contributed by atoms with Crippen LogP contribution in [0.5, 0.6) is 0 Å². The topological polar surface area (TPSA) is 24.1 Å². The van der Waals surface area contributed by atoms with E-state index >= 15 is 0 Å². The Morgan fingerprint density at radius 2 is 2.15 bits per heavy atom. The van der Waals surface area contributed by atoms with E-state index in [9.17, 15) is 4.39 Å². The smallest absolute Gasteiger partial charge is 0.170 e. The van der Waals surface area contributed by atoms with Gasteiger partial charge in [0.15, 0.2) is 5.11 Å². The fourth-order valence-corrected chi connectivity index (χ4v) is 1.14. The second-order valence-corrected chi connectivity index (χ2v) is 2.87. The lowest BCUT2D eigenvalue weighted by Gasteiger charge is -2.08. The number of benzene rings is 1. The van der Waals surface area contributed by atoms with E-state index in [1.165, 1.54) is 6.07 Å². The Morgan fingerprint density at radius 3 is 2.77 bits per heavy atom. The van der Waals surface area contributed by atoms with Crippen LogP contribution in [-0.4, -0.2) is 11.7 Å². The third-order valence-electron chi connectivity index (χ3n) is 1.46. The predicted octanol–water partition coefficient (Wildman–Crippen LogP) is 2.13. The molecule has 0 heterocycles. The maximum atomic E-state index is 13.0. The first-order valence-electron chi connectivity index (χ1n) is 4.03. The maximum absolute atomic E-state index is 13.0. The monoisotopic (exact) mass is 198 g/mol. The normalized spacial score (nSPS) is 9.38. The SMILES string of the molecule is CCNC(=S)Nc1ccccc1F. The molecule has 2 N–H and O–H groups in total. The van der Waals surface area contributed by atoms with E-state index in [0.29, 0.717) is 10.8 Å². The van der Waals surface area contributed by atoms with Gasteiger partial charge >= 0.3 is 0 Å². The van der Waals surface area contributed by atoms with Crippen molar-refractivity contribution >= 4 is 23.0 Å². The van der Waals surface area contributed by atoms with Gasteiger partial charge in [-0.3, -0.25) is 0 Å². The van der Waals surface area contributed by atoms with Crippen LogP contribution >= 0.6 is 12.2 Å². The average molecular weight is 198 g/mol. The molecule has 0 radical (unpaired) electrons. The van der Waals surface area contributed by atoms with Crippen molar-refractivity contribution in [3.63, 3.8) is 0 Å². The Labute approximate surface area is 82.2 Å². The van der Waals surface area contributed by atoms with Gasteiger partial charge in [-0.2, -0.15) is 0 Å². The van der Waals surface area contributed by atoms with Crippen molar-refractivity contribution in [1.29, 1.82) is 0 Å². The minimum absolute atomic E-state index is 0.303. The summed E-state index contributed by atoms with van der Waals surface area (Å²) in [6.07, 6.45) is 0. The quantitative estimate of drug-likeness (QED) is 0.712. The van der Waals surface area contributed by atoms with E-state index in [4.69, 9.17) is 12.2 Å². The second kappa shape index (κ2) is 4.77. The molecule has 13 heavy (non-hydrogen) atoms. The van der Waals surface area contributed by atoms with Crippen molar-refractivity contribution in [3.05, 3.63) is 30.1 Å². The van der Waals surface area contributed by atoms with Crippen molar-refractivity contribution in [2.24, 2.45) is 0 Å². The van der Waals surface area contributed by atoms with Crippen molar-refractivity contribution in [2.75, 3.05) is 11.9 Å². The van der Waals surface area contributed by atoms with Crippen LogP contribution in [0, 0.1) is 5.82 Å². The molecule has 0 atom stereocenters. The summed E-state index contributed by atoms with van der Waals surface area (Å²) in [4.78, 5) is 0. The van der Waals surface area contributed by atoms with Crippen molar-refractivity contribution in [2.45, 2.75) is 6.92 Å². The summed E-state index contributed by atoms with van der Waals surface area (Å²) in [6.45, 7) is 2.65. The number of anilines is 1. The van der Waals surface area contributed by atoms with Crippen molar-refractivity contribution in [1.82, 2.24) is 5.32 Å². The molecule has 1 aromatic rings. The van der Waals surface area contributed by atoms with Gasteiger partial charge < -0.3 is 10.6 Å². The van der Waals surface area contributed by atoms with E-state index in [-0.39, 0.29) is 5.82 Å². The number of thiocarbonyl (C=S) groups is 1. The second-order valence-electron chi connectivity index (χ2n) is 2.46. The molecule has 0 bridgehead atoms. The number of nitrogens with one attached hydrogen (secondary N) is 2. The molecule has 0 amide bonds. The minimum atomic E-state index is -0.303.